The number of ketones is 1. The molecule has 5 nitrogen and oxygen atoms in total. The highest BCUT2D eigenvalue weighted by Gasteiger charge is 2.22. The van der Waals surface area contributed by atoms with E-state index in [2.05, 4.69) is 10.1 Å². The average molecular weight is 293 g/mol. The molecule has 1 N–H and O–H groups in total. The Morgan fingerprint density at radius 1 is 1.33 bits per heavy atom. The number of methoxy groups -OCH3 is 1. The second kappa shape index (κ2) is 8.42. The molecule has 0 spiro atoms. The molecule has 0 aliphatic heterocycles. The van der Waals surface area contributed by atoms with E-state index in [1.807, 2.05) is 26.0 Å². The molecule has 0 amide bonds. The van der Waals surface area contributed by atoms with Gasteiger partial charge in [0.15, 0.2) is 5.78 Å². The minimum atomic E-state index is -0.440. The van der Waals surface area contributed by atoms with Gasteiger partial charge in [-0.05, 0) is 39.4 Å². The van der Waals surface area contributed by atoms with Crippen LogP contribution in [0.3, 0.4) is 0 Å². The third-order valence-corrected chi connectivity index (χ3v) is 3.23. The summed E-state index contributed by atoms with van der Waals surface area (Å²) in [6.07, 6.45) is 0.588. The van der Waals surface area contributed by atoms with Crippen LogP contribution >= 0.6 is 0 Å². The van der Waals surface area contributed by atoms with Gasteiger partial charge in [0, 0.05) is 6.42 Å². The van der Waals surface area contributed by atoms with Gasteiger partial charge < -0.3 is 14.8 Å². The van der Waals surface area contributed by atoms with Crippen LogP contribution in [0.1, 0.15) is 35.7 Å². The molecule has 1 aromatic rings. The zero-order chi connectivity index (χ0) is 15.8. The number of carbonyl (C=O) groups is 2. The van der Waals surface area contributed by atoms with Gasteiger partial charge in [-0.15, -0.1) is 0 Å². The lowest BCUT2D eigenvalue weighted by molar-refractivity contribution is -0.140. The van der Waals surface area contributed by atoms with E-state index in [9.17, 15) is 9.59 Å². The van der Waals surface area contributed by atoms with Gasteiger partial charge in [-0.1, -0.05) is 11.6 Å². The molecule has 0 saturated carbocycles. The summed E-state index contributed by atoms with van der Waals surface area (Å²) < 4.78 is 10.1. The molecule has 0 aliphatic carbocycles. The largest absolute Gasteiger partial charge is 0.493 e. The summed E-state index contributed by atoms with van der Waals surface area (Å²) in [5, 5.41) is 2.96. The Hall–Kier alpha value is -1.88. The van der Waals surface area contributed by atoms with E-state index in [-0.39, 0.29) is 18.2 Å². The van der Waals surface area contributed by atoms with Crippen LogP contribution in [0, 0.1) is 6.92 Å². The number of Topliss-reactive ketones (excluding diaryl/α,β-unsaturated/α-hetero) is 1. The maximum atomic E-state index is 12.6. The number of nitrogens with one attached hydrogen (secondary N) is 1. The molecule has 21 heavy (non-hydrogen) atoms. The van der Waals surface area contributed by atoms with Crippen LogP contribution in [-0.2, 0) is 9.53 Å². The molecule has 0 saturated heterocycles. The van der Waals surface area contributed by atoms with Gasteiger partial charge in [0.1, 0.15) is 5.75 Å². The van der Waals surface area contributed by atoms with Crippen molar-refractivity contribution in [3.05, 3.63) is 29.3 Å². The fourth-order valence-electron chi connectivity index (χ4n) is 2.08. The number of likely N-dealkylation sites (N-methyl/N-ethyl adjacent to an activating group) is 1. The van der Waals surface area contributed by atoms with Gasteiger partial charge in [0.25, 0.3) is 0 Å². The maximum absolute atomic E-state index is 12.6. The minimum absolute atomic E-state index is 0.0754. The third-order valence-electron chi connectivity index (χ3n) is 3.23. The van der Waals surface area contributed by atoms with Crippen LogP contribution in [0.5, 0.6) is 5.75 Å². The Bertz CT molecular complexity index is 499. The third kappa shape index (κ3) is 4.86. The van der Waals surface area contributed by atoms with Crippen LogP contribution in [-0.4, -0.2) is 38.6 Å². The van der Waals surface area contributed by atoms with E-state index >= 15 is 0 Å². The predicted octanol–water partition coefficient (Wildman–Crippen LogP) is 2.12. The number of esters is 1. The lowest BCUT2D eigenvalue weighted by Crippen LogP contribution is -2.35. The minimum Gasteiger partial charge on any atom is -0.493 e. The number of hydrogen-bond donors (Lipinski definition) is 1. The summed E-state index contributed by atoms with van der Waals surface area (Å²) in [4.78, 5) is 23.9. The van der Waals surface area contributed by atoms with Gasteiger partial charge in [-0.25, -0.2) is 0 Å². The molecule has 0 aromatic heterocycles. The Kier molecular flexibility index (Phi) is 6.88. The molecule has 0 aliphatic rings. The topological polar surface area (TPSA) is 64.6 Å². The van der Waals surface area contributed by atoms with Crippen molar-refractivity contribution in [1.82, 2.24) is 5.32 Å². The number of hydrogen-bond acceptors (Lipinski definition) is 5. The molecule has 5 heteroatoms. The van der Waals surface area contributed by atoms with Gasteiger partial charge in [0.05, 0.1) is 25.3 Å². The molecule has 1 atom stereocenters. The molecular weight excluding hydrogens is 270 g/mol. The molecule has 0 heterocycles. The zero-order valence-corrected chi connectivity index (χ0v) is 13.1. The van der Waals surface area contributed by atoms with E-state index in [0.29, 0.717) is 24.3 Å². The highest BCUT2D eigenvalue weighted by Crippen LogP contribution is 2.22. The number of aryl methyl sites for hydroxylation is 1. The van der Waals surface area contributed by atoms with Crippen LogP contribution in [0.25, 0.3) is 0 Å². The first-order valence-electron chi connectivity index (χ1n) is 7.05. The van der Waals surface area contributed by atoms with E-state index in [1.165, 1.54) is 7.11 Å². The monoisotopic (exact) mass is 293 g/mol. The van der Waals surface area contributed by atoms with Crippen molar-refractivity contribution in [1.29, 1.82) is 0 Å². The van der Waals surface area contributed by atoms with Gasteiger partial charge >= 0.3 is 5.97 Å². The summed E-state index contributed by atoms with van der Waals surface area (Å²) in [6, 6.07) is 5.09. The standard InChI is InChI=1S/C16H23NO4/c1-5-21-14-8-6-11(2)10-12(14)16(19)13(17-3)7-9-15(18)20-4/h6,8,10,13,17H,5,7,9H2,1-4H3. The van der Waals surface area contributed by atoms with Crippen molar-refractivity contribution < 1.29 is 19.1 Å². The van der Waals surface area contributed by atoms with Gasteiger partial charge in [0.2, 0.25) is 0 Å². The predicted molar refractivity (Wildman–Crippen MR) is 80.8 cm³/mol. The average Bonchev–Trinajstić information content (AvgIpc) is 2.49. The molecule has 1 aromatic carbocycles. The SMILES string of the molecule is CCOc1ccc(C)cc1C(=O)C(CCC(=O)OC)NC. The molecule has 116 valence electrons. The van der Waals surface area contributed by atoms with E-state index < -0.39 is 6.04 Å². The molecule has 0 fully saturated rings. The summed E-state index contributed by atoms with van der Waals surface area (Å²) in [5.74, 6) is 0.178. The van der Waals surface area contributed by atoms with Gasteiger partial charge in [-0.3, -0.25) is 9.59 Å². The van der Waals surface area contributed by atoms with Crippen LogP contribution in [0.4, 0.5) is 0 Å². The summed E-state index contributed by atoms with van der Waals surface area (Å²) in [5.41, 5.74) is 1.53. The second-order valence-corrected chi connectivity index (χ2v) is 4.75. The van der Waals surface area contributed by atoms with Crippen molar-refractivity contribution in [2.75, 3.05) is 20.8 Å². The van der Waals surface area contributed by atoms with Crippen LogP contribution < -0.4 is 10.1 Å². The number of rotatable bonds is 8. The first kappa shape index (κ1) is 17.2. The van der Waals surface area contributed by atoms with Crippen molar-refractivity contribution in [2.24, 2.45) is 0 Å². The highest BCUT2D eigenvalue weighted by atomic mass is 16.5. The molecular formula is C16H23NO4. The first-order valence-corrected chi connectivity index (χ1v) is 7.05. The lowest BCUT2D eigenvalue weighted by atomic mass is 9.98. The Labute approximate surface area is 125 Å². The second-order valence-electron chi connectivity index (χ2n) is 4.75. The molecule has 1 unspecified atom stereocenters. The van der Waals surface area contributed by atoms with E-state index in [4.69, 9.17) is 4.74 Å². The van der Waals surface area contributed by atoms with E-state index in [0.717, 1.165) is 5.56 Å². The summed E-state index contributed by atoms with van der Waals surface area (Å²) >= 11 is 0. The van der Waals surface area contributed by atoms with Gasteiger partial charge in [-0.2, -0.15) is 0 Å². The summed E-state index contributed by atoms with van der Waals surface area (Å²) in [6.45, 7) is 4.30. The quantitative estimate of drug-likeness (QED) is 0.587. The van der Waals surface area contributed by atoms with Crippen molar-refractivity contribution in [2.45, 2.75) is 32.7 Å². The van der Waals surface area contributed by atoms with E-state index in [1.54, 1.807) is 13.1 Å². The van der Waals surface area contributed by atoms with Crippen molar-refractivity contribution in [3.63, 3.8) is 0 Å². The Balaban J connectivity index is 2.93. The number of ether oxygens (including phenoxy) is 2. The fourth-order valence-corrected chi connectivity index (χ4v) is 2.08. The molecule has 1 rings (SSSR count). The number of carbonyl (C=O) groups excluding carboxylic acids is 2. The molecule has 0 radical (unpaired) electrons. The summed E-state index contributed by atoms with van der Waals surface area (Å²) in [7, 11) is 3.04. The van der Waals surface area contributed by atoms with Crippen molar-refractivity contribution in [3.8, 4) is 5.75 Å². The highest BCUT2D eigenvalue weighted by molar-refractivity contribution is 6.02. The van der Waals surface area contributed by atoms with Crippen molar-refractivity contribution >= 4 is 11.8 Å². The normalized spacial score (nSPS) is 11.8. The maximum Gasteiger partial charge on any atom is 0.305 e. The lowest BCUT2D eigenvalue weighted by Gasteiger charge is -2.17. The number of benzene rings is 1. The first-order chi connectivity index (χ1) is 10.0. The zero-order valence-electron chi connectivity index (χ0n) is 13.1. The van der Waals surface area contributed by atoms with Crippen LogP contribution in [0.2, 0.25) is 0 Å². The smallest absolute Gasteiger partial charge is 0.305 e. The Morgan fingerprint density at radius 3 is 2.62 bits per heavy atom. The fraction of sp³-hybridized carbons (Fsp3) is 0.500. The van der Waals surface area contributed by atoms with Crippen LogP contribution in [0.15, 0.2) is 18.2 Å². The molecule has 0 bridgehead atoms. The Morgan fingerprint density at radius 2 is 2.05 bits per heavy atom.